The van der Waals surface area contributed by atoms with E-state index in [1.165, 1.54) is 0 Å². The number of nitrogens with one attached hydrogen (secondary N) is 1. The highest BCUT2D eigenvalue weighted by Crippen LogP contribution is 2.33. The van der Waals surface area contributed by atoms with Gasteiger partial charge in [0.15, 0.2) is 6.10 Å². The summed E-state index contributed by atoms with van der Waals surface area (Å²) in [5.41, 5.74) is 1.63. The quantitative estimate of drug-likeness (QED) is 0.943. The van der Waals surface area contributed by atoms with Crippen molar-refractivity contribution in [2.45, 2.75) is 25.5 Å². The Bertz CT molecular complexity index is 679. The summed E-state index contributed by atoms with van der Waals surface area (Å²) in [6.45, 7) is 0.273. The van der Waals surface area contributed by atoms with E-state index in [9.17, 15) is 13.6 Å². The van der Waals surface area contributed by atoms with Crippen LogP contribution in [0.25, 0.3) is 0 Å². The minimum atomic E-state index is -2.72. The number of hydrogen-bond donors (Lipinski definition) is 1. The number of amides is 1. The second-order valence-electron chi connectivity index (χ2n) is 5.41. The van der Waals surface area contributed by atoms with Crippen molar-refractivity contribution in [3.05, 3.63) is 59.9 Å². The van der Waals surface area contributed by atoms with Crippen molar-refractivity contribution in [3.63, 3.8) is 0 Å². The molecule has 1 aliphatic heterocycles. The molecule has 2 aromatic rings. The van der Waals surface area contributed by atoms with Gasteiger partial charge in [0.2, 0.25) is 5.91 Å². The molecule has 2 atom stereocenters. The fourth-order valence-electron chi connectivity index (χ4n) is 2.66. The van der Waals surface area contributed by atoms with Crippen LogP contribution in [0.3, 0.4) is 0 Å². The molecule has 6 heteroatoms. The Hall–Kier alpha value is -2.50. The van der Waals surface area contributed by atoms with Crippen LogP contribution >= 0.6 is 0 Å². The first kappa shape index (κ1) is 15.4. The van der Waals surface area contributed by atoms with Gasteiger partial charge in [-0.2, -0.15) is 0 Å². The average molecular weight is 318 g/mol. The summed E-state index contributed by atoms with van der Waals surface area (Å²) >= 11 is 0. The molecule has 1 N–H and O–H groups in total. The molecule has 1 amide bonds. The van der Waals surface area contributed by atoms with Crippen LogP contribution in [-0.4, -0.2) is 23.4 Å². The number of carbonyl (C=O) groups excluding carboxylic acids is 1. The summed E-state index contributed by atoms with van der Waals surface area (Å²) in [6.07, 6.45) is -0.678. The van der Waals surface area contributed by atoms with Gasteiger partial charge in [0.1, 0.15) is 5.75 Å². The maximum atomic E-state index is 13.3. The molecule has 0 spiro atoms. The summed E-state index contributed by atoms with van der Waals surface area (Å²) in [7, 11) is 0. The predicted octanol–water partition coefficient (Wildman–Crippen LogP) is 2.58. The number of halogens is 2. The second-order valence-corrected chi connectivity index (χ2v) is 5.41. The maximum Gasteiger partial charge on any atom is 0.275 e. The lowest BCUT2D eigenvalue weighted by atomic mass is 9.90. The van der Waals surface area contributed by atoms with Crippen molar-refractivity contribution in [2.75, 3.05) is 0 Å². The van der Waals surface area contributed by atoms with Gasteiger partial charge < -0.3 is 10.1 Å². The number of ether oxygens (including phenoxy) is 1. The molecule has 0 saturated carbocycles. The third kappa shape index (κ3) is 3.47. The summed E-state index contributed by atoms with van der Waals surface area (Å²) in [4.78, 5) is 16.2. The minimum absolute atomic E-state index is 0.243. The Labute approximate surface area is 132 Å². The highest BCUT2D eigenvalue weighted by molar-refractivity contribution is 5.80. The lowest BCUT2D eigenvalue weighted by molar-refractivity contribution is -0.133. The largest absolute Gasteiger partial charge is 0.483 e. The van der Waals surface area contributed by atoms with E-state index in [0.29, 0.717) is 5.75 Å². The Balaban J connectivity index is 1.72. The normalized spacial score (nSPS) is 19.8. The minimum Gasteiger partial charge on any atom is -0.483 e. The Morgan fingerprint density at radius 1 is 1.26 bits per heavy atom. The Morgan fingerprint density at radius 2 is 2.00 bits per heavy atom. The fraction of sp³-hybridized carbons (Fsp3) is 0.294. The van der Waals surface area contributed by atoms with Gasteiger partial charge in [-0.1, -0.05) is 18.2 Å². The number of hydrogen-bond acceptors (Lipinski definition) is 3. The molecule has 4 nitrogen and oxygen atoms in total. The predicted molar refractivity (Wildman–Crippen MR) is 80.1 cm³/mol. The number of benzene rings is 1. The van der Waals surface area contributed by atoms with E-state index in [1.807, 2.05) is 0 Å². The molecular weight excluding hydrogens is 302 g/mol. The molecule has 0 fully saturated rings. The van der Waals surface area contributed by atoms with Crippen LogP contribution in [0.5, 0.6) is 5.75 Å². The van der Waals surface area contributed by atoms with Crippen LogP contribution in [0.1, 0.15) is 11.1 Å². The van der Waals surface area contributed by atoms with Crippen LogP contribution in [0.15, 0.2) is 48.8 Å². The lowest BCUT2D eigenvalue weighted by Gasteiger charge is -2.32. The summed E-state index contributed by atoms with van der Waals surface area (Å²) in [5, 5.41) is 2.70. The van der Waals surface area contributed by atoms with Crippen molar-refractivity contribution in [1.29, 1.82) is 0 Å². The summed E-state index contributed by atoms with van der Waals surface area (Å²) in [6, 6.07) is 10.5. The molecule has 0 aliphatic carbocycles. The van der Waals surface area contributed by atoms with Crippen LogP contribution in [0.2, 0.25) is 0 Å². The van der Waals surface area contributed by atoms with Gasteiger partial charge in [-0.05, 0) is 35.7 Å². The van der Waals surface area contributed by atoms with Gasteiger partial charge >= 0.3 is 0 Å². The van der Waals surface area contributed by atoms with Crippen molar-refractivity contribution >= 4 is 5.91 Å². The van der Waals surface area contributed by atoms with Crippen molar-refractivity contribution in [2.24, 2.45) is 5.92 Å². The molecule has 0 radical (unpaired) electrons. The third-order valence-corrected chi connectivity index (χ3v) is 3.87. The van der Waals surface area contributed by atoms with Gasteiger partial charge in [-0.15, -0.1) is 0 Å². The number of alkyl halides is 2. The number of pyridine rings is 1. The molecule has 0 bridgehead atoms. The molecule has 0 unspecified atom stereocenters. The van der Waals surface area contributed by atoms with Gasteiger partial charge in [-0.25, -0.2) is 8.78 Å². The van der Waals surface area contributed by atoms with Crippen molar-refractivity contribution in [3.8, 4) is 5.75 Å². The molecule has 0 saturated heterocycles. The zero-order chi connectivity index (χ0) is 16.2. The third-order valence-electron chi connectivity index (χ3n) is 3.87. The van der Waals surface area contributed by atoms with Crippen molar-refractivity contribution < 1.29 is 18.3 Å². The number of carbonyl (C=O) groups is 1. The van der Waals surface area contributed by atoms with Gasteiger partial charge in [0.25, 0.3) is 6.43 Å². The lowest BCUT2D eigenvalue weighted by Crippen LogP contribution is -2.47. The first-order valence-corrected chi connectivity index (χ1v) is 7.34. The van der Waals surface area contributed by atoms with Crippen molar-refractivity contribution in [1.82, 2.24) is 10.3 Å². The second kappa shape index (κ2) is 6.73. The van der Waals surface area contributed by atoms with Crippen LogP contribution < -0.4 is 10.1 Å². The van der Waals surface area contributed by atoms with Gasteiger partial charge in [-0.3, -0.25) is 9.78 Å². The number of nitrogens with zero attached hydrogens (tertiary/aromatic N) is 1. The molecule has 2 heterocycles. The van der Waals surface area contributed by atoms with E-state index in [1.54, 1.807) is 48.8 Å². The Kier molecular flexibility index (Phi) is 4.50. The van der Waals surface area contributed by atoms with E-state index >= 15 is 0 Å². The van der Waals surface area contributed by atoms with E-state index in [0.717, 1.165) is 11.1 Å². The topological polar surface area (TPSA) is 51.2 Å². The molecule has 3 rings (SSSR count). The smallest absolute Gasteiger partial charge is 0.275 e. The van der Waals surface area contributed by atoms with E-state index in [4.69, 9.17) is 4.74 Å². The number of fused-ring (bicyclic) bond motifs is 1. The Morgan fingerprint density at radius 3 is 2.74 bits per heavy atom. The summed E-state index contributed by atoms with van der Waals surface area (Å²) in [5.74, 6) is -0.913. The molecule has 23 heavy (non-hydrogen) atoms. The van der Waals surface area contributed by atoms with Crippen LogP contribution in [0, 0.1) is 5.92 Å². The molecule has 120 valence electrons. The molecular formula is C17H16F2N2O2. The van der Waals surface area contributed by atoms with Gasteiger partial charge in [0.05, 0.1) is 5.92 Å². The zero-order valence-electron chi connectivity index (χ0n) is 12.3. The van der Waals surface area contributed by atoms with E-state index in [-0.39, 0.29) is 13.0 Å². The summed E-state index contributed by atoms with van der Waals surface area (Å²) < 4.78 is 31.9. The van der Waals surface area contributed by atoms with E-state index in [2.05, 4.69) is 10.3 Å². The number of rotatable bonds is 4. The average Bonchev–Trinajstić information content (AvgIpc) is 2.59. The maximum absolute atomic E-state index is 13.3. The van der Waals surface area contributed by atoms with Crippen LogP contribution in [-0.2, 0) is 17.8 Å². The zero-order valence-corrected chi connectivity index (χ0v) is 12.3. The monoisotopic (exact) mass is 318 g/mol. The van der Waals surface area contributed by atoms with Gasteiger partial charge in [0, 0.05) is 18.9 Å². The first-order valence-electron chi connectivity index (χ1n) is 7.34. The fourth-order valence-corrected chi connectivity index (χ4v) is 2.66. The highest BCUT2D eigenvalue weighted by atomic mass is 19.3. The highest BCUT2D eigenvalue weighted by Gasteiger charge is 2.40. The molecule has 1 aliphatic rings. The number of para-hydroxylation sites is 1. The number of aromatic nitrogens is 1. The first-order chi connectivity index (χ1) is 11.1. The SMILES string of the molecule is O=C(NCc1ccncc1)[C@@H]1Cc2ccccc2O[C@H]1C(F)F. The van der Waals surface area contributed by atoms with E-state index < -0.39 is 24.4 Å². The standard InChI is InChI=1S/C17H16F2N2O2/c18-16(19)15-13(9-12-3-1-2-4-14(12)23-15)17(22)21-10-11-5-7-20-8-6-11/h1-8,13,15-16H,9-10H2,(H,21,22)/t13-,15-/m1/s1. The molecule has 1 aromatic heterocycles. The van der Waals surface area contributed by atoms with Crippen LogP contribution in [0.4, 0.5) is 8.78 Å². The molecule has 1 aromatic carbocycles.